The van der Waals surface area contributed by atoms with Crippen LogP contribution in [0.25, 0.3) is 0 Å². The molecule has 0 bridgehead atoms. The summed E-state index contributed by atoms with van der Waals surface area (Å²) in [6, 6.07) is 11.8. The van der Waals surface area contributed by atoms with E-state index in [1.807, 2.05) is 18.2 Å². The predicted molar refractivity (Wildman–Crippen MR) is 73.7 cm³/mol. The molecule has 92 valence electrons. The molecule has 0 atom stereocenters. The summed E-state index contributed by atoms with van der Waals surface area (Å²) in [5, 5.41) is 6.47. The van der Waals surface area contributed by atoms with Gasteiger partial charge in [-0.1, -0.05) is 18.2 Å². The number of hydrogen-bond donors (Lipinski definition) is 2. The van der Waals surface area contributed by atoms with Gasteiger partial charge in [0.05, 0.1) is 0 Å². The molecule has 1 aromatic carbocycles. The van der Waals surface area contributed by atoms with E-state index < -0.39 is 0 Å². The molecule has 0 spiro atoms. The third-order valence-corrected chi connectivity index (χ3v) is 2.52. The van der Waals surface area contributed by atoms with Crippen molar-refractivity contribution < 1.29 is 4.39 Å². The summed E-state index contributed by atoms with van der Waals surface area (Å²) in [7, 11) is 0. The van der Waals surface area contributed by atoms with Gasteiger partial charge in [-0.2, -0.15) is 0 Å². The Hall–Kier alpha value is -2.01. The molecular formula is C13H12FN3S. The van der Waals surface area contributed by atoms with Crippen molar-refractivity contribution in [3.8, 4) is 0 Å². The zero-order valence-electron chi connectivity index (χ0n) is 9.56. The van der Waals surface area contributed by atoms with Gasteiger partial charge in [0.25, 0.3) is 0 Å². The van der Waals surface area contributed by atoms with Crippen molar-refractivity contribution in [3.63, 3.8) is 0 Å². The van der Waals surface area contributed by atoms with Crippen molar-refractivity contribution in [2.45, 2.75) is 6.54 Å². The van der Waals surface area contributed by atoms with Gasteiger partial charge in [-0.25, -0.2) is 9.37 Å². The van der Waals surface area contributed by atoms with Crippen molar-refractivity contribution >= 4 is 23.1 Å². The minimum Gasteiger partial charge on any atom is -0.358 e. The largest absolute Gasteiger partial charge is 0.358 e. The number of anilines is 1. The standard InChI is InChI=1S/C13H12FN3S/c14-11-6-4-10(5-7-11)9-16-13(18)17-12-3-1-2-8-15-12/h1-8H,9H2,(H2,15,16,17,18). The molecule has 2 rings (SSSR count). The smallest absolute Gasteiger partial charge is 0.172 e. The van der Waals surface area contributed by atoms with E-state index in [1.165, 1.54) is 12.1 Å². The average Bonchev–Trinajstić information content (AvgIpc) is 2.39. The Morgan fingerprint density at radius 3 is 2.61 bits per heavy atom. The molecule has 2 aromatic rings. The van der Waals surface area contributed by atoms with Gasteiger partial charge in [0, 0.05) is 12.7 Å². The second-order valence-corrected chi connectivity index (χ2v) is 4.06. The molecule has 3 nitrogen and oxygen atoms in total. The molecule has 0 amide bonds. The van der Waals surface area contributed by atoms with E-state index in [-0.39, 0.29) is 5.82 Å². The van der Waals surface area contributed by atoms with Gasteiger partial charge >= 0.3 is 0 Å². The Morgan fingerprint density at radius 1 is 1.17 bits per heavy atom. The van der Waals surface area contributed by atoms with Crippen molar-refractivity contribution in [3.05, 3.63) is 60.0 Å². The summed E-state index contributed by atoms with van der Waals surface area (Å²) in [4.78, 5) is 4.10. The number of benzene rings is 1. The summed E-state index contributed by atoms with van der Waals surface area (Å²) < 4.78 is 12.7. The van der Waals surface area contributed by atoms with E-state index in [0.717, 1.165) is 5.56 Å². The lowest BCUT2D eigenvalue weighted by Crippen LogP contribution is -2.28. The number of rotatable bonds is 3. The number of hydrogen-bond acceptors (Lipinski definition) is 2. The highest BCUT2D eigenvalue weighted by Crippen LogP contribution is 2.03. The molecule has 0 saturated carbocycles. The Labute approximate surface area is 110 Å². The van der Waals surface area contributed by atoms with E-state index in [0.29, 0.717) is 17.5 Å². The van der Waals surface area contributed by atoms with E-state index in [4.69, 9.17) is 12.2 Å². The minimum absolute atomic E-state index is 0.243. The van der Waals surface area contributed by atoms with Gasteiger partial charge in [0.2, 0.25) is 0 Å². The normalized spacial score (nSPS) is 9.83. The lowest BCUT2D eigenvalue weighted by molar-refractivity contribution is 0.627. The summed E-state index contributed by atoms with van der Waals surface area (Å²) >= 11 is 5.12. The highest BCUT2D eigenvalue weighted by molar-refractivity contribution is 7.80. The summed E-state index contributed by atoms with van der Waals surface area (Å²) in [6.07, 6.45) is 1.69. The highest BCUT2D eigenvalue weighted by atomic mass is 32.1. The molecule has 0 fully saturated rings. The summed E-state index contributed by atoms with van der Waals surface area (Å²) in [5.41, 5.74) is 0.960. The van der Waals surface area contributed by atoms with Crippen LogP contribution in [0.15, 0.2) is 48.7 Å². The van der Waals surface area contributed by atoms with Crippen molar-refractivity contribution in [1.29, 1.82) is 0 Å². The number of nitrogens with one attached hydrogen (secondary N) is 2. The first-order valence-electron chi connectivity index (χ1n) is 5.44. The molecule has 1 heterocycles. The first kappa shape index (κ1) is 12.4. The Morgan fingerprint density at radius 2 is 1.94 bits per heavy atom. The van der Waals surface area contributed by atoms with E-state index in [9.17, 15) is 4.39 Å². The van der Waals surface area contributed by atoms with Crippen LogP contribution >= 0.6 is 12.2 Å². The van der Waals surface area contributed by atoms with Crippen LogP contribution in [0.5, 0.6) is 0 Å². The molecular weight excluding hydrogens is 249 g/mol. The number of aromatic nitrogens is 1. The monoisotopic (exact) mass is 261 g/mol. The first-order chi connectivity index (χ1) is 8.74. The maximum Gasteiger partial charge on any atom is 0.172 e. The lowest BCUT2D eigenvalue weighted by Gasteiger charge is -2.09. The van der Waals surface area contributed by atoms with Crippen LogP contribution in [-0.2, 0) is 6.54 Å². The molecule has 0 aliphatic heterocycles. The molecule has 1 aromatic heterocycles. The molecule has 18 heavy (non-hydrogen) atoms. The first-order valence-corrected chi connectivity index (χ1v) is 5.85. The topological polar surface area (TPSA) is 37.0 Å². The second-order valence-electron chi connectivity index (χ2n) is 3.65. The molecule has 0 saturated heterocycles. The fourth-order valence-corrected chi connectivity index (χ4v) is 1.56. The van der Waals surface area contributed by atoms with Gasteiger partial charge in [-0.15, -0.1) is 0 Å². The van der Waals surface area contributed by atoms with Crippen molar-refractivity contribution in [2.75, 3.05) is 5.32 Å². The van der Waals surface area contributed by atoms with Crippen LogP contribution in [-0.4, -0.2) is 10.1 Å². The van der Waals surface area contributed by atoms with Gasteiger partial charge in [0.15, 0.2) is 5.11 Å². The fourth-order valence-electron chi connectivity index (χ4n) is 1.38. The number of thiocarbonyl (C=S) groups is 1. The SMILES string of the molecule is Fc1ccc(CNC(=S)Nc2ccccn2)cc1. The fraction of sp³-hybridized carbons (Fsp3) is 0.0769. The lowest BCUT2D eigenvalue weighted by atomic mass is 10.2. The van der Waals surface area contributed by atoms with Gasteiger partial charge in [-0.05, 0) is 42.0 Å². The number of pyridine rings is 1. The molecule has 0 aliphatic carbocycles. The average molecular weight is 261 g/mol. The Bertz CT molecular complexity index is 514. The zero-order valence-corrected chi connectivity index (χ0v) is 10.4. The Balaban J connectivity index is 1.83. The Kier molecular flexibility index (Phi) is 4.20. The summed E-state index contributed by atoms with van der Waals surface area (Å²) in [6.45, 7) is 0.541. The number of nitrogens with zero attached hydrogens (tertiary/aromatic N) is 1. The van der Waals surface area contributed by atoms with Crippen LogP contribution in [0.2, 0.25) is 0 Å². The highest BCUT2D eigenvalue weighted by Gasteiger charge is 1.98. The molecule has 0 unspecified atom stereocenters. The van der Waals surface area contributed by atoms with Crippen LogP contribution < -0.4 is 10.6 Å². The van der Waals surface area contributed by atoms with Crippen molar-refractivity contribution in [1.82, 2.24) is 10.3 Å². The molecule has 0 aliphatic rings. The van der Waals surface area contributed by atoms with Crippen LogP contribution in [0, 0.1) is 5.82 Å². The van der Waals surface area contributed by atoms with Crippen LogP contribution in [0.3, 0.4) is 0 Å². The van der Waals surface area contributed by atoms with E-state index in [2.05, 4.69) is 15.6 Å². The van der Waals surface area contributed by atoms with Gasteiger partial charge < -0.3 is 10.6 Å². The molecule has 2 N–H and O–H groups in total. The van der Waals surface area contributed by atoms with Crippen molar-refractivity contribution in [2.24, 2.45) is 0 Å². The third kappa shape index (κ3) is 3.78. The van der Waals surface area contributed by atoms with E-state index in [1.54, 1.807) is 18.3 Å². The zero-order chi connectivity index (χ0) is 12.8. The summed E-state index contributed by atoms with van der Waals surface area (Å²) in [5.74, 6) is 0.446. The van der Waals surface area contributed by atoms with Gasteiger partial charge in [-0.3, -0.25) is 0 Å². The predicted octanol–water partition coefficient (Wildman–Crippen LogP) is 2.71. The van der Waals surface area contributed by atoms with E-state index >= 15 is 0 Å². The maximum absolute atomic E-state index is 12.7. The van der Waals surface area contributed by atoms with Crippen LogP contribution in [0.1, 0.15) is 5.56 Å². The second kappa shape index (κ2) is 6.07. The van der Waals surface area contributed by atoms with Crippen LogP contribution in [0.4, 0.5) is 10.2 Å². The molecule has 5 heteroatoms. The number of halogens is 1. The molecule has 0 radical (unpaired) electrons. The minimum atomic E-state index is -0.243. The maximum atomic E-state index is 12.7. The third-order valence-electron chi connectivity index (χ3n) is 2.27. The van der Waals surface area contributed by atoms with Gasteiger partial charge in [0.1, 0.15) is 11.6 Å². The quantitative estimate of drug-likeness (QED) is 0.833.